The number of aliphatic hydroxyl groups excluding tert-OH is 1. The molecule has 0 radical (unpaired) electrons. The van der Waals surface area contributed by atoms with E-state index >= 15 is 0 Å². The van der Waals surface area contributed by atoms with E-state index in [9.17, 15) is 14.7 Å². The Morgan fingerprint density at radius 1 is 1.08 bits per heavy atom. The fourth-order valence-electron chi connectivity index (χ4n) is 4.59. The zero-order chi connectivity index (χ0) is 26.6. The van der Waals surface area contributed by atoms with Crippen LogP contribution in [0.2, 0.25) is 0 Å². The molecule has 38 heavy (non-hydrogen) atoms. The molecule has 190 valence electrons. The molecule has 1 amide bonds. The molecule has 1 atom stereocenters. The van der Waals surface area contributed by atoms with Crippen LogP contribution in [0.15, 0.2) is 87.0 Å². The summed E-state index contributed by atoms with van der Waals surface area (Å²) < 4.78 is 18.1. The van der Waals surface area contributed by atoms with Crippen molar-refractivity contribution in [2.75, 3.05) is 19.1 Å². The minimum absolute atomic E-state index is 0.0188. The maximum absolute atomic E-state index is 13.9. The number of Topliss-reactive ketones (excluding diaryl/α,β-unsaturated/α-hetero) is 1. The summed E-state index contributed by atoms with van der Waals surface area (Å²) in [5.41, 5.74) is 1.59. The number of aromatic nitrogens is 1. The standard InChI is InChI=1S/C28H19BrN2O6S/c1-35-17-9-10-18-21(13-17)38-28(30-18)31-23(14-5-3-7-16(29)11-14)22(25(33)27(31)34)24(32)20-12-15-6-4-8-19(36-2)26(15)37-20/h3-13,23,33H,1-2H3. The average Bonchev–Trinajstić information content (AvgIpc) is 3.61. The first-order valence-corrected chi connectivity index (χ1v) is 13.1. The summed E-state index contributed by atoms with van der Waals surface area (Å²) in [7, 11) is 3.08. The van der Waals surface area contributed by atoms with E-state index in [2.05, 4.69) is 20.9 Å². The first-order chi connectivity index (χ1) is 18.4. The number of ketones is 1. The third-order valence-corrected chi connectivity index (χ3v) is 7.87. The van der Waals surface area contributed by atoms with Gasteiger partial charge in [0.05, 0.1) is 36.1 Å². The number of fused-ring (bicyclic) bond motifs is 2. The minimum Gasteiger partial charge on any atom is -0.503 e. The number of nitrogens with zero attached hydrogens (tertiary/aromatic N) is 2. The Morgan fingerprint density at radius 2 is 1.89 bits per heavy atom. The van der Waals surface area contributed by atoms with Crippen molar-refractivity contribution in [2.24, 2.45) is 0 Å². The van der Waals surface area contributed by atoms with E-state index in [0.29, 0.717) is 38.7 Å². The van der Waals surface area contributed by atoms with Crippen molar-refractivity contribution in [2.45, 2.75) is 6.04 Å². The second-order valence-electron chi connectivity index (χ2n) is 8.54. The van der Waals surface area contributed by atoms with Crippen molar-refractivity contribution in [3.05, 3.63) is 93.9 Å². The number of amides is 1. The number of para-hydroxylation sites is 1. The van der Waals surface area contributed by atoms with Crippen LogP contribution in [0.25, 0.3) is 21.2 Å². The van der Waals surface area contributed by atoms with Crippen LogP contribution >= 0.6 is 27.3 Å². The van der Waals surface area contributed by atoms with Crippen molar-refractivity contribution in [3.63, 3.8) is 0 Å². The van der Waals surface area contributed by atoms with E-state index in [4.69, 9.17) is 13.9 Å². The Morgan fingerprint density at radius 3 is 2.66 bits per heavy atom. The van der Waals surface area contributed by atoms with E-state index in [1.165, 1.54) is 23.3 Å². The highest BCUT2D eigenvalue weighted by Crippen LogP contribution is 2.45. The molecule has 3 aromatic carbocycles. The molecule has 1 aliphatic heterocycles. The lowest BCUT2D eigenvalue weighted by atomic mass is 9.95. The number of thiazole rings is 1. The van der Waals surface area contributed by atoms with Crippen molar-refractivity contribution < 1.29 is 28.6 Å². The topological polar surface area (TPSA) is 102 Å². The molecule has 8 nitrogen and oxygen atoms in total. The van der Waals surface area contributed by atoms with Crippen LogP contribution in [0.3, 0.4) is 0 Å². The van der Waals surface area contributed by atoms with Gasteiger partial charge in [0, 0.05) is 9.86 Å². The largest absolute Gasteiger partial charge is 0.503 e. The molecule has 10 heteroatoms. The number of carbonyl (C=O) groups excluding carboxylic acids is 2. The number of aliphatic hydroxyl groups is 1. The summed E-state index contributed by atoms with van der Waals surface area (Å²) in [5, 5.41) is 12.1. The number of carbonyl (C=O) groups is 2. The molecule has 1 unspecified atom stereocenters. The Labute approximate surface area is 228 Å². The molecule has 6 rings (SSSR count). The van der Waals surface area contributed by atoms with Gasteiger partial charge in [-0.25, -0.2) is 4.98 Å². The second kappa shape index (κ2) is 9.30. The highest BCUT2D eigenvalue weighted by molar-refractivity contribution is 9.10. The van der Waals surface area contributed by atoms with Crippen LogP contribution in [0.1, 0.15) is 22.2 Å². The van der Waals surface area contributed by atoms with Gasteiger partial charge < -0.3 is 19.0 Å². The van der Waals surface area contributed by atoms with Crippen molar-refractivity contribution in [1.82, 2.24) is 4.98 Å². The predicted molar refractivity (Wildman–Crippen MR) is 147 cm³/mol. The van der Waals surface area contributed by atoms with Gasteiger partial charge in [0.25, 0.3) is 5.91 Å². The molecule has 0 saturated carbocycles. The van der Waals surface area contributed by atoms with Crippen LogP contribution in [0.4, 0.5) is 5.13 Å². The SMILES string of the molecule is COc1ccc2nc(N3C(=O)C(O)=C(C(=O)c4cc5cccc(OC)c5o4)C3c3cccc(Br)c3)sc2c1. The molecule has 0 spiro atoms. The van der Waals surface area contributed by atoms with Gasteiger partial charge in [-0.1, -0.05) is 51.5 Å². The molecule has 5 aromatic rings. The van der Waals surface area contributed by atoms with Crippen LogP contribution in [0, 0.1) is 0 Å². The second-order valence-corrected chi connectivity index (χ2v) is 10.5. The maximum Gasteiger partial charge on any atom is 0.296 e. The molecule has 1 N–H and O–H groups in total. The first kappa shape index (κ1) is 24.2. The van der Waals surface area contributed by atoms with E-state index < -0.39 is 23.5 Å². The lowest BCUT2D eigenvalue weighted by Gasteiger charge is -2.24. The van der Waals surface area contributed by atoms with Gasteiger partial charge in [0.2, 0.25) is 5.78 Å². The Kier molecular flexibility index (Phi) is 5.93. The molecule has 3 heterocycles. The number of hydrogen-bond donors (Lipinski definition) is 1. The van der Waals surface area contributed by atoms with E-state index in [1.807, 2.05) is 12.1 Å². The van der Waals surface area contributed by atoms with Gasteiger partial charge in [-0.05, 0) is 48.0 Å². The maximum atomic E-state index is 13.9. The summed E-state index contributed by atoms with van der Waals surface area (Å²) in [4.78, 5) is 33.4. The fourth-order valence-corrected chi connectivity index (χ4v) is 6.03. The van der Waals surface area contributed by atoms with Gasteiger partial charge in [0.15, 0.2) is 28.0 Å². The lowest BCUT2D eigenvalue weighted by Crippen LogP contribution is -2.30. The number of anilines is 1. The zero-order valence-electron chi connectivity index (χ0n) is 20.1. The van der Waals surface area contributed by atoms with Crippen LogP contribution in [0.5, 0.6) is 11.5 Å². The Bertz CT molecular complexity index is 1790. The van der Waals surface area contributed by atoms with Gasteiger partial charge in [-0.3, -0.25) is 14.5 Å². The first-order valence-electron chi connectivity index (χ1n) is 11.5. The van der Waals surface area contributed by atoms with E-state index in [1.54, 1.807) is 61.7 Å². The van der Waals surface area contributed by atoms with Crippen molar-refractivity contribution >= 4 is 65.3 Å². The summed E-state index contributed by atoms with van der Waals surface area (Å²) in [6, 6.07) is 18.6. The third kappa shape index (κ3) is 3.84. The molecular formula is C28H19BrN2O6S. The summed E-state index contributed by atoms with van der Waals surface area (Å²) >= 11 is 4.74. The molecule has 0 aliphatic carbocycles. The minimum atomic E-state index is -0.940. The molecule has 2 aromatic heterocycles. The zero-order valence-corrected chi connectivity index (χ0v) is 22.5. The monoisotopic (exact) mass is 590 g/mol. The third-order valence-electron chi connectivity index (χ3n) is 6.36. The molecule has 0 fully saturated rings. The van der Waals surface area contributed by atoms with Crippen molar-refractivity contribution in [1.29, 1.82) is 0 Å². The van der Waals surface area contributed by atoms with Gasteiger partial charge in [0.1, 0.15) is 5.75 Å². The van der Waals surface area contributed by atoms with Crippen LogP contribution in [-0.2, 0) is 4.79 Å². The average molecular weight is 591 g/mol. The number of furan rings is 1. The van der Waals surface area contributed by atoms with Crippen molar-refractivity contribution in [3.8, 4) is 11.5 Å². The lowest BCUT2D eigenvalue weighted by molar-refractivity contribution is -0.117. The Balaban J connectivity index is 1.50. The molecular weight excluding hydrogens is 572 g/mol. The Hall–Kier alpha value is -4.15. The summed E-state index contributed by atoms with van der Waals surface area (Å²) in [5.74, 6) is -0.875. The van der Waals surface area contributed by atoms with Gasteiger partial charge in [-0.15, -0.1) is 0 Å². The molecule has 0 bridgehead atoms. The van der Waals surface area contributed by atoms with E-state index in [-0.39, 0.29) is 11.3 Å². The summed E-state index contributed by atoms with van der Waals surface area (Å²) in [6.07, 6.45) is 0. The van der Waals surface area contributed by atoms with E-state index in [0.717, 1.165) is 9.17 Å². The number of ether oxygens (including phenoxy) is 2. The number of halogens is 1. The highest BCUT2D eigenvalue weighted by Gasteiger charge is 2.46. The molecule has 1 aliphatic rings. The fraction of sp³-hybridized carbons (Fsp3) is 0.107. The summed E-state index contributed by atoms with van der Waals surface area (Å²) in [6.45, 7) is 0. The molecule has 0 saturated heterocycles. The number of hydrogen-bond acceptors (Lipinski definition) is 8. The van der Waals surface area contributed by atoms with Crippen LogP contribution in [-0.4, -0.2) is 36.0 Å². The number of rotatable bonds is 6. The smallest absolute Gasteiger partial charge is 0.296 e. The van der Waals surface area contributed by atoms with Gasteiger partial charge in [-0.2, -0.15) is 0 Å². The predicted octanol–water partition coefficient (Wildman–Crippen LogP) is 6.61. The number of methoxy groups -OCH3 is 2. The van der Waals surface area contributed by atoms with Gasteiger partial charge >= 0.3 is 0 Å². The normalized spacial score (nSPS) is 15.6. The number of benzene rings is 3. The quantitative estimate of drug-likeness (QED) is 0.222. The van der Waals surface area contributed by atoms with Crippen LogP contribution < -0.4 is 14.4 Å². The highest BCUT2D eigenvalue weighted by atomic mass is 79.9.